The van der Waals surface area contributed by atoms with Gasteiger partial charge in [-0.15, -0.1) is 0 Å². The van der Waals surface area contributed by atoms with Crippen molar-refractivity contribution in [1.82, 2.24) is 15.5 Å². The van der Waals surface area contributed by atoms with Crippen molar-refractivity contribution in [2.24, 2.45) is 0 Å². The Bertz CT molecular complexity index is 657. The molecule has 3 rings (SSSR count). The Morgan fingerprint density at radius 3 is 2.88 bits per heavy atom. The number of nitrogens with one attached hydrogen (secondary N) is 2. The van der Waals surface area contributed by atoms with Gasteiger partial charge in [-0.2, -0.15) is 0 Å². The van der Waals surface area contributed by atoms with Crippen LogP contribution in [0.25, 0.3) is 0 Å². The molecule has 134 valence electrons. The van der Waals surface area contributed by atoms with Crippen LogP contribution in [0.2, 0.25) is 0 Å². The van der Waals surface area contributed by atoms with Crippen LogP contribution >= 0.6 is 0 Å². The molecule has 1 aromatic carbocycles. The number of carbonyl (C=O) groups is 2. The zero-order valence-corrected chi connectivity index (χ0v) is 14.6. The molecule has 0 aromatic heterocycles. The fourth-order valence-corrected chi connectivity index (χ4v) is 3.50. The number of benzene rings is 1. The first kappa shape index (κ1) is 17.5. The lowest BCUT2D eigenvalue weighted by Gasteiger charge is -2.29. The fourth-order valence-electron chi connectivity index (χ4n) is 3.50. The maximum atomic E-state index is 12.2. The van der Waals surface area contributed by atoms with Gasteiger partial charge in [-0.05, 0) is 38.3 Å². The molecule has 0 radical (unpaired) electrons. The lowest BCUT2D eigenvalue weighted by molar-refractivity contribution is -0.138. The summed E-state index contributed by atoms with van der Waals surface area (Å²) >= 11 is 0. The molecule has 0 unspecified atom stereocenters. The van der Waals surface area contributed by atoms with E-state index in [4.69, 9.17) is 4.74 Å². The van der Waals surface area contributed by atoms with Crippen molar-refractivity contribution in [2.75, 3.05) is 26.2 Å². The Morgan fingerprint density at radius 2 is 2.12 bits per heavy atom. The molecular weight excluding hydrogens is 318 g/mol. The number of likely N-dealkylation sites (tertiary alicyclic amines) is 1. The lowest BCUT2D eigenvalue weighted by atomic mass is 10.0. The summed E-state index contributed by atoms with van der Waals surface area (Å²) in [6, 6.07) is 10.6. The molecule has 25 heavy (non-hydrogen) atoms. The second-order valence-electron chi connectivity index (χ2n) is 6.44. The van der Waals surface area contributed by atoms with Crippen LogP contribution in [0, 0.1) is 0 Å². The van der Waals surface area contributed by atoms with Crippen molar-refractivity contribution >= 4 is 12.0 Å². The topological polar surface area (TPSA) is 70.7 Å². The van der Waals surface area contributed by atoms with Gasteiger partial charge in [-0.1, -0.05) is 30.3 Å². The van der Waals surface area contributed by atoms with Gasteiger partial charge in [0.25, 0.3) is 0 Å². The van der Waals surface area contributed by atoms with Crippen molar-refractivity contribution < 1.29 is 14.3 Å². The van der Waals surface area contributed by atoms with E-state index in [1.807, 2.05) is 6.07 Å². The highest BCUT2D eigenvalue weighted by Gasteiger charge is 2.29. The van der Waals surface area contributed by atoms with Crippen LogP contribution in [0.3, 0.4) is 0 Å². The Balaban J connectivity index is 1.73. The molecule has 2 heterocycles. The van der Waals surface area contributed by atoms with Crippen LogP contribution in [0.4, 0.5) is 4.79 Å². The monoisotopic (exact) mass is 343 g/mol. The highest BCUT2D eigenvalue weighted by atomic mass is 16.5. The molecule has 0 spiro atoms. The van der Waals surface area contributed by atoms with Crippen LogP contribution in [-0.2, 0) is 16.0 Å². The fraction of sp³-hybridized carbons (Fsp3) is 0.474. The Kier molecular flexibility index (Phi) is 5.71. The van der Waals surface area contributed by atoms with Crippen LogP contribution in [-0.4, -0.2) is 49.2 Å². The van der Waals surface area contributed by atoms with Gasteiger partial charge in [0.15, 0.2) is 0 Å². The van der Waals surface area contributed by atoms with Crippen LogP contribution in [0.1, 0.15) is 25.3 Å². The summed E-state index contributed by atoms with van der Waals surface area (Å²) in [4.78, 5) is 26.2. The van der Waals surface area contributed by atoms with Gasteiger partial charge in [0, 0.05) is 18.3 Å². The molecule has 0 saturated carbocycles. The molecule has 1 aromatic rings. The summed E-state index contributed by atoms with van der Waals surface area (Å²) in [6.07, 6.45) is 3.24. The average molecular weight is 343 g/mol. The van der Waals surface area contributed by atoms with E-state index in [1.165, 1.54) is 5.56 Å². The lowest BCUT2D eigenvalue weighted by Crippen LogP contribution is -2.47. The van der Waals surface area contributed by atoms with Crippen molar-refractivity contribution in [3.05, 3.63) is 47.2 Å². The first-order valence-corrected chi connectivity index (χ1v) is 8.89. The molecule has 2 amide bonds. The molecule has 2 aliphatic rings. The second kappa shape index (κ2) is 8.16. The average Bonchev–Trinajstić information content (AvgIpc) is 3.03. The number of hydrogen-bond donors (Lipinski definition) is 2. The summed E-state index contributed by atoms with van der Waals surface area (Å²) < 4.78 is 5.13. The number of esters is 1. The van der Waals surface area contributed by atoms with E-state index in [-0.39, 0.29) is 18.5 Å². The number of carbonyl (C=O) groups excluding carboxylic acids is 2. The van der Waals surface area contributed by atoms with Crippen molar-refractivity contribution in [2.45, 2.75) is 32.2 Å². The molecule has 1 saturated heterocycles. The van der Waals surface area contributed by atoms with E-state index in [1.54, 1.807) is 6.92 Å². The minimum absolute atomic E-state index is 0.219. The van der Waals surface area contributed by atoms with Gasteiger partial charge in [0.2, 0.25) is 0 Å². The third-order valence-electron chi connectivity index (χ3n) is 4.75. The first-order chi connectivity index (χ1) is 12.2. The van der Waals surface area contributed by atoms with Gasteiger partial charge in [0.05, 0.1) is 18.7 Å². The van der Waals surface area contributed by atoms with Crippen molar-refractivity contribution in [3.63, 3.8) is 0 Å². The highest BCUT2D eigenvalue weighted by Crippen LogP contribution is 2.23. The quantitative estimate of drug-likeness (QED) is 0.773. The zero-order chi connectivity index (χ0) is 17.6. The third kappa shape index (κ3) is 4.39. The Labute approximate surface area is 148 Å². The highest BCUT2D eigenvalue weighted by molar-refractivity contribution is 5.93. The van der Waals surface area contributed by atoms with Crippen LogP contribution < -0.4 is 10.6 Å². The number of amides is 2. The predicted molar refractivity (Wildman–Crippen MR) is 94.9 cm³/mol. The number of urea groups is 1. The summed E-state index contributed by atoms with van der Waals surface area (Å²) in [7, 11) is 0. The molecule has 0 aliphatic carbocycles. The van der Waals surface area contributed by atoms with E-state index >= 15 is 0 Å². The minimum atomic E-state index is -0.358. The number of nitrogens with zero attached hydrogens (tertiary/aromatic N) is 1. The molecule has 6 heteroatoms. The predicted octanol–water partition coefficient (Wildman–Crippen LogP) is 1.82. The second-order valence-corrected chi connectivity index (χ2v) is 6.44. The third-order valence-corrected chi connectivity index (χ3v) is 4.75. The van der Waals surface area contributed by atoms with E-state index in [9.17, 15) is 9.59 Å². The molecule has 1 fully saturated rings. The van der Waals surface area contributed by atoms with E-state index in [0.29, 0.717) is 30.5 Å². The molecule has 1 atom stereocenters. The van der Waals surface area contributed by atoms with Crippen LogP contribution in [0.15, 0.2) is 41.6 Å². The van der Waals surface area contributed by atoms with Gasteiger partial charge in [-0.25, -0.2) is 9.59 Å². The van der Waals surface area contributed by atoms with Crippen molar-refractivity contribution in [3.8, 4) is 0 Å². The molecule has 2 aliphatic heterocycles. The summed E-state index contributed by atoms with van der Waals surface area (Å²) in [5, 5.41) is 5.45. The Morgan fingerprint density at radius 1 is 1.32 bits per heavy atom. The van der Waals surface area contributed by atoms with Gasteiger partial charge < -0.3 is 15.4 Å². The van der Waals surface area contributed by atoms with Crippen LogP contribution in [0.5, 0.6) is 0 Å². The summed E-state index contributed by atoms with van der Waals surface area (Å²) in [5.41, 5.74) is 2.50. The zero-order valence-electron chi connectivity index (χ0n) is 14.6. The first-order valence-electron chi connectivity index (χ1n) is 8.89. The summed E-state index contributed by atoms with van der Waals surface area (Å²) in [6.45, 7) is 3.86. The largest absolute Gasteiger partial charge is 0.463 e. The molecule has 6 nitrogen and oxygen atoms in total. The van der Waals surface area contributed by atoms with E-state index in [2.05, 4.69) is 39.8 Å². The van der Waals surface area contributed by atoms with E-state index < -0.39 is 0 Å². The Hall–Kier alpha value is -2.34. The number of ether oxygens (including phenoxy) is 1. The maximum Gasteiger partial charge on any atom is 0.337 e. The van der Waals surface area contributed by atoms with Gasteiger partial charge in [0.1, 0.15) is 0 Å². The molecular formula is C19H25N3O3. The van der Waals surface area contributed by atoms with Gasteiger partial charge >= 0.3 is 12.0 Å². The number of hydrogen-bond acceptors (Lipinski definition) is 4. The molecule has 2 N–H and O–H groups in total. The number of rotatable bonds is 6. The smallest absolute Gasteiger partial charge is 0.337 e. The van der Waals surface area contributed by atoms with E-state index in [0.717, 1.165) is 25.8 Å². The summed E-state index contributed by atoms with van der Waals surface area (Å²) in [5.74, 6) is -0.358. The standard InChI is InChI=1S/C19H25N3O3/c1-2-25-18(23)16-12-20-19(24)21-17(16)13-22-10-6-9-15(22)11-14-7-4-3-5-8-14/h3-5,7-8,15H,2,6,9-13H2,1H3,(H2,20,21,24)/t15-/m1/s1. The normalized spacial score (nSPS) is 21.0. The van der Waals surface area contributed by atoms with Crippen molar-refractivity contribution in [1.29, 1.82) is 0 Å². The maximum absolute atomic E-state index is 12.2. The minimum Gasteiger partial charge on any atom is -0.463 e. The molecule has 0 bridgehead atoms. The van der Waals surface area contributed by atoms with Gasteiger partial charge in [-0.3, -0.25) is 4.90 Å². The SMILES string of the molecule is CCOC(=O)C1=C(CN2CCC[C@@H]2Cc2ccccc2)NC(=O)NC1.